The Bertz CT molecular complexity index is 531. The van der Waals surface area contributed by atoms with Gasteiger partial charge in [0.1, 0.15) is 0 Å². The Morgan fingerprint density at radius 2 is 1.74 bits per heavy atom. The molecule has 2 aromatic carbocycles. The van der Waals surface area contributed by atoms with Gasteiger partial charge in [-0.1, -0.05) is 36.8 Å². The summed E-state index contributed by atoms with van der Waals surface area (Å²) in [6.07, 6.45) is 0. The summed E-state index contributed by atoms with van der Waals surface area (Å²) in [7, 11) is 0.0584. The third-order valence-corrected chi connectivity index (χ3v) is 6.01. The first-order valence-corrected chi connectivity index (χ1v) is 8.77. The van der Waals surface area contributed by atoms with Crippen LogP contribution in [0.1, 0.15) is 24.0 Å². The molecule has 1 aliphatic rings. The minimum absolute atomic E-state index is 0. The number of rotatable bonds is 2. The number of benzene rings is 2. The smallest absolute Gasteiger partial charge is 0 e. The summed E-state index contributed by atoms with van der Waals surface area (Å²) >= 11 is 0. The summed E-state index contributed by atoms with van der Waals surface area (Å²) in [6.45, 7) is 7.15. The SMILES string of the molecule is CC(C1c2[c-]cccc2-c2ccccc21)P(C)C.[V]. The van der Waals surface area contributed by atoms with E-state index in [0.29, 0.717) is 11.6 Å². The largest absolute Gasteiger partial charge is 0.179 e. The quantitative estimate of drug-likeness (QED) is 0.556. The van der Waals surface area contributed by atoms with Gasteiger partial charge in [-0.05, 0) is 30.5 Å². The maximum absolute atomic E-state index is 3.49. The summed E-state index contributed by atoms with van der Waals surface area (Å²) in [5.74, 6) is 0.540. The van der Waals surface area contributed by atoms with Crippen LogP contribution in [0.3, 0.4) is 0 Å². The molecule has 0 fully saturated rings. The van der Waals surface area contributed by atoms with Gasteiger partial charge < -0.3 is 0 Å². The monoisotopic (exact) mass is 304 g/mol. The van der Waals surface area contributed by atoms with Crippen molar-refractivity contribution in [1.29, 1.82) is 0 Å². The minimum Gasteiger partial charge on any atom is -0.179 e. The fraction of sp³-hybridized carbons (Fsp3) is 0.294. The summed E-state index contributed by atoms with van der Waals surface area (Å²) in [5.41, 5.74) is 6.42. The maximum atomic E-state index is 3.49. The zero-order chi connectivity index (χ0) is 12.7. The molecule has 0 saturated carbocycles. The molecule has 0 nitrogen and oxygen atoms in total. The summed E-state index contributed by atoms with van der Waals surface area (Å²) in [4.78, 5) is 0. The van der Waals surface area contributed by atoms with Crippen LogP contribution in [0.25, 0.3) is 11.1 Å². The average molecular weight is 304 g/mol. The molecule has 2 aromatic rings. The average Bonchev–Trinajstić information content (AvgIpc) is 2.72. The van der Waals surface area contributed by atoms with Crippen LogP contribution in [0.2, 0.25) is 0 Å². The molecule has 0 spiro atoms. The van der Waals surface area contributed by atoms with E-state index in [1.54, 1.807) is 0 Å². The molecule has 0 heterocycles. The van der Waals surface area contributed by atoms with Crippen LogP contribution in [0.4, 0.5) is 0 Å². The zero-order valence-corrected chi connectivity index (χ0v) is 13.9. The van der Waals surface area contributed by atoms with Gasteiger partial charge in [0.2, 0.25) is 0 Å². The molecule has 1 radical (unpaired) electrons. The van der Waals surface area contributed by atoms with Crippen molar-refractivity contribution in [3.05, 3.63) is 59.7 Å². The van der Waals surface area contributed by atoms with Gasteiger partial charge in [-0.2, -0.15) is 24.3 Å². The first-order valence-electron chi connectivity index (χ1n) is 6.46. The van der Waals surface area contributed by atoms with E-state index in [2.05, 4.69) is 68.8 Å². The predicted octanol–water partition coefficient (Wildman–Crippen LogP) is 4.73. The Labute approximate surface area is 129 Å². The van der Waals surface area contributed by atoms with E-state index in [-0.39, 0.29) is 26.5 Å². The Hall–Kier alpha value is -0.546. The fourth-order valence-corrected chi connectivity index (χ4v) is 3.82. The number of hydrogen-bond acceptors (Lipinski definition) is 0. The predicted molar refractivity (Wildman–Crippen MR) is 80.8 cm³/mol. The second-order valence-electron chi connectivity index (χ2n) is 5.27. The topological polar surface area (TPSA) is 0 Å². The van der Waals surface area contributed by atoms with Crippen molar-refractivity contribution in [3.63, 3.8) is 0 Å². The summed E-state index contributed by atoms with van der Waals surface area (Å²) in [5, 5.41) is 0. The van der Waals surface area contributed by atoms with E-state index < -0.39 is 0 Å². The van der Waals surface area contributed by atoms with Gasteiger partial charge in [0.15, 0.2) is 0 Å². The molecule has 97 valence electrons. The molecular weight excluding hydrogens is 286 g/mol. The van der Waals surface area contributed by atoms with Gasteiger partial charge in [0, 0.05) is 18.6 Å². The van der Waals surface area contributed by atoms with Crippen molar-refractivity contribution >= 4 is 7.92 Å². The van der Waals surface area contributed by atoms with Crippen molar-refractivity contribution in [2.24, 2.45) is 0 Å². The van der Waals surface area contributed by atoms with Crippen molar-refractivity contribution in [2.75, 3.05) is 13.3 Å². The van der Waals surface area contributed by atoms with E-state index in [4.69, 9.17) is 0 Å². The van der Waals surface area contributed by atoms with Crippen LogP contribution >= 0.6 is 7.92 Å². The van der Waals surface area contributed by atoms with Crippen LogP contribution in [0.15, 0.2) is 42.5 Å². The van der Waals surface area contributed by atoms with E-state index in [0.717, 1.165) is 0 Å². The number of hydrogen-bond donors (Lipinski definition) is 0. The molecule has 1 aliphatic carbocycles. The molecule has 0 amide bonds. The molecule has 0 N–H and O–H groups in total. The van der Waals surface area contributed by atoms with E-state index in [1.165, 1.54) is 22.3 Å². The van der Waals surface area contributed by atoms with Gasteiger partial charge >= 0.3 is 0 Å². The van der Waals surface area contributed by atoms with Gasteiger partial charge in [0.25, 0.3) is 0 Å². The van der Waals surface area contributed by atoms with E-state index >= 15 is 0 Å². The van der Waals surface area contributed by atoms with Crippen LogP contribution in [-0.4, -0.2) is 19.0 Å². The molecule has 2 atom stereocenters. The molecule has 0 bridgehead atoms. The molecule has 0 saturated heterocycles. The number of fused-ring (bicyclic) bond motifs is 3. The standard InChI is InChI=1S/C17H18P.V/c1-12(18(2)3)17-15-10-6-4-8-13(15)14-9-5-7-11-16(14)17;/h4-10,12,17H,1-3H3;/q-1;. The first-order chi connectivity index (χ1) is 8.70. The van der Waals surface area contributed by atoms with Crippen LogP contribution in [0, 0.1) is 6.07 Å². The van der Waals surface area contributed by atoms with Crippen molar-refractivity contribution in [3.8, 4) is 11.1 Å². The van der Waals surface area contributed by atoms with Gasteiger partial charge in [-0.25, -0.2) is 0 Å². The van der Waals surface area contributed by atoms with Crippen molar-refractivity contribution in [2.45, 2.75) is 18.5 Å². The zero-order valence-electron chi connectivity index (χ0n) is 11.6. The Morgan fingerprint density at radius 1 is 1.05 bits per heavy atom. The van der Waals surface area contributed by atoms with Crippen LogP contribution in [0.5, 0.6) is 0 Å². The summed E-state index contributed by atoms with van der Waals surface area (Å²) in [6, 6.07) is 18.7. The van der Waals surface area contributed by atoms with E-state index in [1.807, 2.05) is 0 Å². The van der Waals surface area contributed by atoms with Crippen LogP contribution < -0.4 is 0 Å². The van der Waals surface area contributed by atoms with Crippen molar-refractivity contribution < 1.29 is 18.6 Å². The van der Waals surface area contributed by atoms with Crippen LogP contribution in [-0.2, 0) is 18.6 Å². The third kappa shape index (κ3) is 2.43. The third-order valence-electron chi connectivity index (χ3n) is 4.08. The Kier molecular flexibility index (Phi) is 4.56. The molecular formula is C17H18PV-. The van der Waals surface area contributed by atoms with Gasteiger partial charge in [0.05, 0.1) is 0 Å². The molecule has 0 aliphatic heterocycles. The normalized spacial score (nSPS) is 17.6. The van der Waals surface area contributed by atoms with Crippen molar-refractivity contribution in [1.82, 2.24) is 0 Å². The summed E-state index contributed by atoms with van der Waals surface area (Å²) < 4.78 is 0. The Balaban J connectivity index is 0.00000133. The fourth-order valence-electron chi connectivity index (χ4n) is 2.91. The van der Waals surface area contributed by atoms with Gasteiger partial charge in [-0.15, -0.1) is 19.0 Å². The van der Waals surface area contributed by atoms with Gasteiger partial charge in [-0.3, -0.25) is 0 Å². The molecule has 19 heavy (non-hydrogen) atoms. The molecule has 2 heteroatoms. The first kappa shape index (κ1) is 14.9. The maximum Gasteiger partial charge on any atom is 0 e. The molecule has 2 unspecified atom stereocenters. The molecule has 0 aromatic heterocycles. The van der Waals surface area contributed by atoms with E-state index in [9.17, 15) is 0 Å². The minimum atomic E-state index is 0. The Morgan fingerprint density at radius 3 is 2.47 bits per heavy atom. The second-order valence-corrected chi connectivity index (χ2v) is 8.01. The second kappa shape index (κ2) is 5.84. The molecule has 3 rings (SSSR count).